The largest absolute Gasteiger partial charge is 0.386 e. The molecule has 0 aliphatic carbocycles. The number of carbonyl (C=O) groups is 2. The summed E-state index contributed by atoms with van der Waals surface area (Å²) in [6.45, 7) is 6.72. The Bertz CT molecular complexity index is 701. The number of nitrogens with zero attached hydrogens (tertiary/aromatic N) is 3. The first-order chi connectivity index (χ1) is 11.4. The molecule has 0 aromatic carbocycles. The number of hydrogen-bond donors (Lipinski definition) is 1. The SMILES string of the molecule is Cc1ncccc1NC(=O)C1=NO[C@]2(CCN(C(=O)C(C)C)C2)C1. The number of oxime groups is 1. The zero-order valence-corrected chi connectivity index (χ0v) is 14.2. The van der Waals surface area contributed by atoms with Gasteiger partial charge >= 0.3 is 0 Å². The highest BCUT2D eigenvalue weighted by Gasteiger charge is 2.48. The molecule has 128 valence electrons. The lowest BCUT2D eigenvalue weighted by atomic mass is 9.96. The van der Waals surface area contributed by atoms with Crippen LogP contribution in [0.4, 0.5) is 5.69 Å². The average molecular weight is 330 g/mol. The molecule has 1 aromatic heterocycles. The zero-order chi connectivity index (χ0) is 17.3. The molecule has 0 unspecified atom stereocenters. The van der Waals surface area contributed by atoms with E-state index in [-0.39, 0.29) is 17.7 Å². The quantitative estimate of drug-likeness (QED) is 0.915. The van der Waals surface area contributed by atoms with E-state index in [0.717, 1.165) is 5.69 Å². The van der Waals surface area contributed by atoms with E-state index in [9.17, 15) is 9.59 Å². The first-order valence-electron chi connectivity index (χ1n) is 8.17. The van der Waals surface area contributed by atoms with Gasteiger partial charge in [0.05, 0.1) is 17.9 Å². The monoisotopic (exact) mass is 330 g/mol. The van der Waals surface area contributed by atoms with Gasteiger partial charge in [0.25, 0.3) is 5.91 Å². The summed E-state index contributed by atoms with van der Waals surface area (Å²) in [7, 11) is 0. The van der Waals surface area contributed by atoms with Gasteiger partial charge in [-0.3, -0.25) is 14.6 Å². The minimum atomic E-state index is -0.554. The Morgan fingerprint density at radius 2 is 2.21 bits per heavy atom. The van der Waals surface area contributed by atoms with E-state index in [0.29, 0.717) is 37.3 Å². The molecule has 1 fully saturated rings. The van der Waals surface area contributed by atoms with E-state index < -0.39 is 5.60 Å². The molecule has 1 aromatic rings. The van der Waals surface area contributed by atoms with Gasteiger partial charge in [-0.25, -0.2) is 0 Å². The van der Waals surface area contributed by atoms with E-state index in [1.807, 2.05) is 20.8 Å². The van der Waals surface area contributed by atoms with Gasteiger partial charge in [-0.1, -0.05) is 19.0 Å². The number of likely N-dealkylation sites (tertiary alicyclic amines) is 1. The fourth-order valence-corrected chi connectivity index (χ4v) is 3.07. The van der Waals surface area contributed by atoms with Crippen LogP contribution in [0, 0.1) is 12.8 Å². The summed E-state index contributed by atoms with van der Waals surface area (Å²) in [6.07, 6.45) is 2.78. The number of nitrogens with one attached hydrogen (secondary N) is 1. The molecule has 0 saturated carbocycles. The summed E-state index contributed by atoms with van der Waals surface area (Å²) >= 11 is 0. The molecule has 0 bridgehead atoms. The van der Waals surface area contributed by atoms with Crippen LogP contribution in [0.5, 0.6) is 0 Å². The van der Waals surface area contributed by atoms with E-state index in [4.69, 9.17) is 4.84 Å². The summed E-state index contributed by atoms with van der Waals surface area (Å²) in [5, 5.41) is 6.80. The van der Waals surface area contributed by atoms with Crippen molar-refractivity contribution < 1.29 is 14.4 Å². The molecule has 2 aliphatic heterocycles. The average Bonchev–Trinajstić information content (AvgIpc) is 3.16. The van der Waals surface area contributed by atoms with Crippen molar-refractivity contribution in [2.45, 2.75) is 39.2 Å². The minimum Gasteiger partial charge on any atom is -0.386 e. The van der Waals surface area contributed by atoms with Crippen LogP contribution in [0.3, 0.4) is 0 Å². The van der Waals surface area contributed by atoms with Gasteiger partial charge in [0, 0.05) is 31.5 Å². The van der Waals surface area contributed by atoms with Crippen LogP contribution in [0.25, 0.3) is 0 Å². The van der Waals surface area contributed by atoms with Gasteiger partial charge in [0.2, 0.25) is 5.91 Å². The Hall–Kier alpha value is -2.44. The number of amides is 2. The molecule has 1 atom stereocenters. The second-order valence-corrected chi connectivity index (χ2v) is 6.74. The van der Waals surface area contributed by atoms with Crippen LogP contribution in [-0.4, -0.2) is 46.1 Å². The third kappa shape index (κ3) is 3.11. The van der Waals surface area contributed by atoms with Crippen molar-refractivity contribution in [1.82, 2.24) is 9.88 Å². The maximum Gasteiger partial charge on any atom is 0.273 e. The number of aromatic nitrogens is 1. The van der Waals surface area contributed by atoms with Crippen LogP contribution < -0.4 is 5.32 Å². The first kappa shape index (κ1) is 16.4. The Morgan fingerprint density at radius 1 is 1.42 bits per heavy atom. The predicted molar refractivity (Wildman–Crippen MR) is 89.5 cm³/mol. The molecule has 2 aliphatic rings. The van der Waals surface area contributed by atoms with Crippen LogP contribution in [0.15, 0.2) is 23.5 Å². The van der Waals surface area contributed by atoms with Crippen LogP contribution in [0.2, 0.25) is 0 Å². The maximum absolute atomic E-state index is 12.4. The van der Waals surface area contributed by atoms with E-state index in [1.54, 1.807) is 23.2 Å². The number of aryl methyl sites for hydroxylation is 1. The molecular weight excluding hydrogens is 308 g/mol. The molecular formula is C17H22N4O3. The zero-order valence-electron chi connectivity index (χ0n) is 14.2. The predicted octanol–water partition coefficient (Wildman–Crippen LogP) is 1.73. The number of hydrogen-bond acceptors (Lipinski definition) is 5. The lowest BCUT2D eigenvalue weighted by Gasteiger charge is -2.22. The molecule has 2 amide bonds. The Balaban J connectivity index is 1.62. The minimum absolute atomic E-state index is 0.0428. The summed E-state index contributed by atoms with van der Waals surface area (Å²) in [6, 6.07) is 3.56. The van der Waals surface area contributed by atoms with Gasteiger partial charge in [0.15, 0.2) is 5.60 Å². The molecule has 1 N–H and O–H groups in total. The number of rotatable bonds is 3. The van der Waals surface area contributed by atoms with Gasteiger partial charge in [-0.15, -0.1) is 0 Å². The van der Waals surface area contributed by atoms with Crippen LogP contribution >= 0.6 is 0 Å². The second kappa shape index (κ2) is 6.22. The number of pyridine rings is 1. The lowest BCUT2D eigenvalue weighted by Crippen LogP contribution is -2.38. The molecule has 7 nitrogen and oxygen atoms in total. The van der Waals surface area contributed by atoms with Crippen molar-refractivity contribution in [3.05, 3.63) is 24.0 Å². The van der Waals surface area contributed by atoms with Crippen molar-refractivity contribution in [3.63, 3.8) is 0 Å². The third-order valence-electron chi connectivity index (χ3n) is 4.48. The van der Waals surface area contributed by atoms with Gasteiger partial charge in [0.1, 0.15) is 5.71 Å². The molecule has 24 heavy (non-hydrogen) atoms. The number of carbonyl (C=O) groups excluding carboxylic acids is 2. The highest BCUT2D eigenvalue weighted by Crippen LogP contribution is 2.34. The summed E-state index contributed by atoms with van der Waals surface area (Å²) in [5.41, 5.74) is 1.21. The Morgan fingerprint density at radius 3 is 2.92 bits per heavy atom. The summed E-state index contributed by atoms with van der Waals surface area (Å²) in [4.78, 5) is 36.1. The number of anilines is 1. The second-order valence-electron chi connectivity index (χ2n) is 6.74. The van der Waals surface area contributed by atoms with Crippen LogP contribution in [-0.2, 0) is 14.4 Å². The normalized spacial score (nSPS) is 22.7. The summed E-state index contributed by atoms with van der Waals surface area (Å²) in [5.74, 6) is -0.213. The Kier molecular flexibility index (Phi) is 4.26. The van der Waals surface area contributed by atoms with Gasteiger partial charge in [-0.05, 0) is 19.1 Å². The van der Waals surface area contributed by atoms with Gasteiger partial charge < -0.3 is 15.1 Å². The van der Waals surface area contributed by atoms with Crippen molar-refractivity contribution in [3.8, 4) is 0 Å². The highest BCUT2D eigenvalue weighted by atomic mass is 16.7. The van der Waals surface area contributed by atoms with Crippen molar-refractivity contribution in [2.24, 2.45) is 11.1 Å². The summed E-state index contributed by atoms with van der Waals surface area (Å²) < 4.78 is 0. The van der Waals surface area contributed by atoms with E-state index in [1.165, 1.54) is 0 Å². The first-order valence-corrected chi connectivity index (χ1v) is 8.17. The van der Waals surface area contributed by atoms with Crippen molar-refractivity contribution in [1.29, 1.82) is 0 Å². The third-order valence-corrected chi connectivity index (χ3v) is 4.48. The van der Waals surface area contributed by atoms with Crippen molar-refractivity contribution >= 4 is 23.2 Å². The van der Waals surface area contributed by atoms with Crippen molar-refractivity contribution in [2.75, 3.05) is 18.4 Å². The smallest absolute Gasteiger partial charge is 0.273 e. The fourth-order valence-electron chi connectivity index (χ4n) is 3.07. The maximum atomic E-state index is 12.4. The standard InChI is InChI=1S/C17H22N4O3/c1-11(2)16(23)21-8-6-17(10-21)9-14(20-24-17)15(22)19-13-5-4-7-18-12(13)3/h4-5,7,11H,6,8-10H2,1-3H3,(H,19,22)/t17-/m1/s1. The molecule has 0 radical (unpaired) electrons. The van der Waals surface area contributed by atoms with Gasteiger partial charge in [-0.2, -0.15) is 0 Å². The molecule has 1 spiro atoms. The Labute approximate surface area is 141 Å². The molecule has 3 heterocycles. The van der Waals surface area contributed by atoms with E-state index in [2.05, 4.69) is 15.5 Å². The lowest BCUT2D eigenvalue weighted by molar-refractivity contribution is -0.134. The fraction of sp³-hybridized carbons (Fsp3) is 0.529. The van der Waals surface area contributed by atoms with Crippen LogP contribution in [0.1, 0.15) is 32.4 Å². The topological polar surface area (TPSA) is 83.9 Å². The highest BCUT2D eigenvalue weighted by molar-refractivity contribution is 6.43. The molecule has 3 rings (SSSR count). The molecule has 1 saturated heterocycles. The van der Waals surface area contributed by atoms with E-state index >= 15 is 0 Å². The molecule has 7 heteroatoms.